The lowest BCUT2D eigenvalue weighted by Crippen LogP contribution is -2.08. The fourth-order valence-corrected chi connectivity index (χ4v) is 1.29. The SMILES string of the molecule is NC(=S)c1cccc(-c2ncn[nH]2)c1. The Morgan fingerprint density at radius 3 is 2.93 bits per heavy atom. The Balaban J connectivity index is 2.46. The number of nitrogens with one attached hydrogen (secondary N) is 1. The minimum atomic E-state index is 0.381. The molecule has 0 aliphatic carbocycles. The molecule has 1 heterocycles. The summed E-state index contributed by atoms with van der Waals surface area (Å²) in [6, 6.07) is 7.54. The van der Waals surface area contributed by atoms with E-state index in [9.17, 15) is 0 Å². The molecule has 0 atom stereocenters. The number of rotatable bonds is 2. The summed E-state index contributed by atoms with van der Waals surface area (Å²) in [6.45, 7) is 0. The Kier molecular flexibility index (Phi) is 2.24. The number of aromatic amines is 1. The molecular formula is C9H8N4S. The van der Waals surface area contributed by atoms with Gasteiger partial charge in [0.25, 0.3) is 0 Å². The number of benzene rings is 1. The summed E-state index contributed by atoms with van der Waals surface area (Å²) in [6.07, 6.45) is 1.46. The molecule has 0 aliphatic heterocycles. The third kappa shape index (κ3) is 1.62. The highest BCUT2D eigenvalue weighted by molar-refractivity contribution is 7.80. The summed E-state index contributed by atoms with van der Waals surface area (Å²) in [4.78, 5) is 4.42. The van der Waals surface area contributed by atoms with Crippen LogP contribution in [0.4, 0.5) is 0 Å². The smallest absolute Gasteiger partial charge is 0.155 e. The van der Waals surface area contributed by atoms with Crippen LogP contribution in [-0.2, 0) is 0 Å². The van der Waals surface area contributed by atoms with Gasteiger partial charge in [-0.15, -0.1) is 0 Å². The van der Waals surface area contributed by atoms with Crippen molar-refractivity contribution in [3.8, 4) is 11.4 Å². The number of H-pyrrole nitrogens is 1. The largest absolute Gasteiger partial charge is 0.389 e. The van der Waals surface area contributed by atoms with Gasteiger partial charge in [-0.05, 0) is 6.07 Å². The number of aromatic nitrogens is 3. The second-order valence-corrected chi connectivity index (χ2v) is 3.22. The first-order valence-corrected chi connectivity index (χ1v) is 4.44. The van der Waals surface area contributed by atoms with Crippen molar-refractivity contribution in [1.29, 1.82) is 0 Å². The second kappa shape index (κ2) is 3.55. The fourth-order valence-electron chi connectivity index (χ4n) is 1.16. The molecule has 2 rings (SSSR count). The van der Waals surface area contributed by atoms with Gasteiger partial charge in [-0.3, -0.25) is 5.10 Å². The molecule has 5 heteroatoms. The van der Waals surface area contributed by atoms with Crippen LogP contribution in [0.2, 0.25) is 0 Å². The molecule has 2 aromatic rings. The topological polar surface area (TPSA) is 67.6 Å². The van der Waals surface area contributed by atoms with Gasteiger partial charge in [-0.1, -0.05) is 30.4 Å². The zero-order chi connectivity index (χ0) is 9.97. The van der Waals surface area contributed by atoms with Crippen molar-refractivity contribution in [2.45, 2.75) is 0 Å². The van der Waals surface area contributed by atoms with E-state index in [1.165, 1.54) is 6.33 Å². The van der Waals surface area contributed by atoms with Gasteiger partial charge in [0.1, 0.15) is 11.3 Å². The predicted octanol–water partition coefficient (Wildman–Crippen LogP) is 1.11. The quantitative estimate of drug-likeness (QED) is 0.719. The highest BCUT2D eigenvalue weighted by Crippen LogP contribution is 2.14. The third-order valence-corrected chi connectivity index (χ3v) is 2.07. The van der Waals surface area contributed by atoms with E-state index in [0.717, 1.165) is 11.1 Å². The average Bonchev–Trinajstić information content (AvgIpc) is 2.71. The average molecular weight is 204 g/mol. The van der Waals surface area contributed by atoms with Gasteiger partial charge in [0.15, 0.2) is 5.82 Å². The number of hydrogen-bond donors (Lipinski definition) is 2. The molecule has 0 bridgehead atoms. The summed E-state index contributed by atoms with van der Waals surface area (Å²) >= 11 is 4.88. The van der Waals surface area contributed by atoms with E-state index < -0.39 is 0 Å². The first kappa shape index (κ1) is 8.83. The zero-order valence-electron chi connectivity index (χ0n) is 7.27. The molecular weight excluding hydrogens is 196 g/mol. The zero-order valence-corrected chi connectivity index (χ0v) is 8.08. The van der Waals surface area contributed by atoms with Crippen LogP contribution < -0.4 is 5.73 Å². The number of hydrogen-bond acceptors (Lipinski definition) is 3. The van der Waals surface area contributed by atoms with Gasteiger partial charge < -0.3 is 5.73 Å². The molecule has 14 heavy (non-hydrogen) atoms. The van der Waals surface area contributed by atoms with Crippen LogP contribution in [0.3, 0.4) is 0 Å². The molecule has 0 fully saturated rings. The number of nitrogens with zero attached hydrogens (tertiary/aromatic N) is 2. The van der Waals surface area contributed by atoms with Crippen LogP contribution in [0.25, 0.3) is 11.4 Å². The molecule has 1 aromatic carbocycles. The molecule has 0 amide bonds. The van der Waals surface area contributed by atoms with E-state index in [1.807, 2.05) is 24.3 Å². The molecule has 0 saturated carbocycles. The van der Waals surface area contributed by atoms with Crippen molar-refractivity contribution in [2.24, 2.45) is 5.73 Å². The third-order valence-electron chi connectivity index (χ3n) is 1.84. The Labute approximate surface area is 86.2 Å². The van der Waals surface area contributed by atoms with Crippen LogP contribution in [0.15, 0.2) is 30.6 Å². The van der Waals surface area contributed by atoms with Gasteiger partial charge in [0, 0.05) is 11.1 Å². The van der Waals surface area contributed by atoms with E-state index in [0.29, 0.717) is 10.8 Å². The van der Waals surface area contributed by atoms with Gasteiger partial charge in [0.2, 0.25) is 0 Å². The maximum absolute atomic E-state index is 5.52. The second-order valence-electron chi connectivity index (χ2n) is 2.78. The van der Waals surface area contributed by atoms with Crippen molar-refractivity contribution >= 4 is 17.2 Å². The summed E-state index contributed by atoms with van der Waals surface area (Å²) in [7, 11) is 0. The first-order valence-electron chi connectivity index (χ1n) is 4.03. The predicted molar refractivity (Wildman–Crippen MR) is 57.7 cm³/mol. The van der Waals surface area contributed by atoms with E-state index in [2.05, 4.69) is 15.2 Å². The normalized spacial score (nSPS) is 10.0. The van der Waals surface area contributed by atoms with Gasteiger partial charge in [-0.25, -0.2) is 4.98 Å². The molecule has 0 aliphatic rings. The molecule has 3 N–H and O–H groups in total. The van der Waals surface area contributed by atoms with E-state index in [4.69, 9.17) is 18.0 Å². The van der Waals surface area contributed by atoms with Crippen molar-refractivity contribution in [1.82, 2.24) is 15.2 Å². The monoisotopic (exact) mass is 204 g/mol. The highest BCUT2D eigenvalue weighted by atomic mass is 32.1. The Morgan fingerprint density at radius 2 is 2.29 bits per heavy atom. The van der Waals surface area contributed by atoms with Crippen molar-refractivity contribution in [3.63, 3.8) is 0 Å². The van der Waals surface area contributed by atoms with Crippen molar-refractivity contribution < 1.29 is 0 Å². The number of thiocarbonyl (C=S) groups is 1. The molecule has 4 nitrogen and oxygen atoms in total. The lowest BCUT2D eigenvalue weighted by molar-refractivity contribution is 1.10. The minimum absolute atomic E-state index is 0.381. The van der Waals surface area contributed by atoms with Crippen LogP contribution in [0.5, 0.6) is 0 Å². The summed E-state index contributed by atoms with van der Waals surface area (Å²) in [5.74, 6) is 0.711. The molecule has 0 radical (unpaired) electrons. The molecule has 0 unspecified atom stereocenters. The van der Waals surface area contributed by atoms with E-state index in [1.54, 1.807) is 0 Å². The molecule has 70 valence electrons. The number of nitrogens with two attached hydrogens (primary N) is 1. The molecule has 1 aromatic heterocycles. The standard InChI is InChI=1S/C9H8N4S/c10-8(14)6-2-1-3-7(4-6)9-11-5-12-13-9/h1-5H,(H2,10,14)(H,11,12,13). The maximum atomic E-state index is 5.52. The van der Waals surface area contributed by atoms with Gasteiger partial charge in [-0.2, -0.15) is 5.10 Å². The first-order chi connectivity index (χ1) is 6.77. The molecule has 0 spiro atoms. The van der Waals surface area contributed by atoms with E-state index >= 15 is 0 Å². The van der Waals surface area contributed by atoms with Gasteiger partial charge >= 0.3 is 0 Å². The molecule has 0 saturated heterocycles. The lowest BCUT2D eigenvalue weighted by atomic mass is 10.1. The van der Waals surface area contributed by atoms with Crippen LogP contribution >= 0.6 is 12.2 Å². The lowest BCUT2D eigenvalue weighted by Gasteiger charge is -2.00. The van der Waals surface area contributed by atoms with Crippen molar-refractivity contribution in [2.75, 3.05) is 0 Å². The van der Waals surface area contributed by atoms with E-state index in [-0.39, 0.29) is 0 Å². The van der Waals surface area contributed by atoms with Crippen molar-refractivity contribution in [3.05, 3.63) is 36.2 Å². The van der Waals surface area contributed by atoms with Crippen LogP contribution in [-0.4, -0.2) is 20.2 Å². The summed E-state index contributed by atoms with van der Waals surface area (Å²) < 4.78 is 0. The highest BCUT2D eigenvalue weighted by Gasteiger charge is 2.02. The maximum Gasteiger partial charge on any atom is 0.155 e. The summed E-state index contributed by atoms with van der Waals surface area (Å²) in [5, 5.41) is 6.55. The fraction of sp³-hybridized carbons (Fsp3) is 0. The Bertz CT molecular complexity index is 450. The Morgan fingerprint density at radius 1 is 1.43 bits per heavy atom. The Hall–Kier alpha value is -1.75. The van der Waals surface area contributed by atoms with Gasteiger partial charge in [0.05, 0.1) is 0 Å². The minimum Gasteiger partial charge on any atom is -0.389 e. The van der Waals surface area contributed by atoms with Crippen LogP contribution in [0, 0.1) is 0 Å². The van der Waals surface area contributed by atoms with Crippen LogP contribution in [0.1, 0.15) is 5.56 Å². The summed E-state index contributed by atoms with van der Waals surface area (Å²) in [5.41, 5.74) is 7.27.